The van der Waals surface area contributed by atoms with E-state index < -0.39 is 0 Å². The molecule has 0 aromatic heterocycles. The Morgan fingerprint density at radius 1 is 0.947 bits per heavy atom. The first-order valence-electron chi connectivity index (χ1n) is 6.57. The number of aryl methyl sites for hydroxylation is 2. The summed E-state index contributed by atoms with van der Waals surface area (Å²) in [4.78, 5) is 0.430. The number of halogens is 2. The van der Waals surface area contributed by atoms with Gasteiger partial charge in [-0.05, 0) is 49.4 Å². The predicted molar refractivity (Wildman–Crippen MR) is 82.3 cm³/mol. The molecule has 0 spiro atoms. The van der Waals surface area contributed by atoms with Crippen LogP contribution in [-0.2, 0) is 12.8 Å². The van der Waals surface area contributed by atoms with Crippen LogP contribution in [0, 0.1) is 12.7 Å². The molecular formula is C17H18BrF. The van der Waals surface area contributed by atoms with Gasteiger partial charge in [0.15, 0.2) is 0 Å². The Hall–Kier alpha value is -1.15. The lowest BCUT2D eigenvalue weighted by atomic mass is 10.0. The lowest BCUT2D eigenvalue weighted by molar-refractivity contribution is 0.626. The quantitative estimate of drug-likeness (QED) is 0.674. The average Bonchev–Trinajstić information content (AvgIpc) is 2.41. The number of hydrogen-bond donors (Lipinski definition) is 0. The van der Waals surface area contributed by atoms with Crippen LogP contribution in [0.15, 0.2) is 48.5 Å². The Bertz CT molecular complexity index is 502. The van der Waals surface area contributed by atoms with Crippen molar-refractivity contribution in [3.05, 3.63) is 71.0 Å². The number of benzene rings is 2. The van der Waals surface area contributed by atoms with Crippen molar-refractivity contribution in [3.8, 4) is 0 Å². The molecule has 1 atom stereocenters. The summed E-state index contributed by atoms with van der Waals surface area (Å²) in [5, 5.41) is 0. The van der Waals surface area contributed by atoms with E-state index in [-0.39, 0.29) is 5.82 Å². The Balaban J connectivity index is 1.82. The summed E-state index contributed by atoms with van der Waals surface area (Å²) in [6.45, 7) is 2.10. The zero-order valence-corrected chi connectivity index (χ0v) is 12.7. The summed E-state index contributed by atoms with van der Waals surface area (Å²) < 4.78 is 12.8. The van der Waals surface area contributed by atoms with Crippen molar-refractivity contribution >= 4 is 15.9 Å². The molecule has 2 rings (SSSR count). The molecule has 2 heteroatoms. The van der Waals surface area contributed by atoms with E-state index in [1.54, 1.807) is 0 Å². The molecular weight excluding hydrogens is 303 g/mol. The van der Waals surface area contributed by atoms with E-state index in [1.165, 1.54) is 28.8 Å². The SMILES string of the molecule is Cc1ccc(CCC(Br)Cc2ccc(F)cc2)cc1. The Kier molecular flexibility index (Phi) is 5.15. The van der Waals surface area contributed by atoms with Crippen molar-refractivity contribution in [3.63, 3.8) is 0 Å². The molecule has 0 aliphatic carbocycles. The number of alkyl halides is 1. The van der Waals surface area contributed by atoms with E-state index in [0.29, 0.717) is 4.83 Å². The van der Waals surface area contributed by atoms with Crippen molar-refractivity contribution in [2.24, 2.45) is 0 Å². The minimum absolute atomic E-state index is 0.172. The molecule has 0 N–H and O–H groups in total. The summed E-state index contributed by atoms with van der Waals surface area (Å²) in [5.74, 6) is -0.172. The molecule has 2 aromatic rings. The molecule has 1 unspecified atom stereocenters. The van der Waals surface area contributed by atoms with E-state index in [2.05, 4.69) is 47.1 Å². The Labute approximate surface area is 122 Å². The molecule has 0 aliphatic heterocycles. The van der Waals surface area contributed by atoms with Crippen LogP contribution >= 0.6 is 15.9 Å². The van der Waals surface area contributed by atoms with Crippen LogP contribution in [0.2, 0.25) is 0 Å². The van der Waals surface area contributed by atoms with Crippen molar-refractivity contribution in [1.29, 1.82) is 0 Å². The van der Waals surface area contributed by atoms with Gasteiger partial charge in [-0.1, -0.05) is 57.9 Å². The first-order valence-corrected chi connectivity index (χ1v) is 7.49. The molecule has 2 aromatic carbocycles. The smallest absolute Gasteiger partial charge is 0.123 e. The predicted octanol–water partition coefficient (Wildman–Crippen LogP) is 5.07. The van der Waals surface area contributed by atoms with Crippen LogP contribution in [0.4, 0.5) is 4.39 Å². The third kappa shape index (κ3) is 4.79. The molecule has 0 fully saturated rings. The maximum absolute atomic E-state index is 12.8. The van der Waals surface area contributed by atoms with Crippen molar-refractivity contribution in [1.82, 2.24) is 0 Å². The molecule has 0 saturated heterocycles. The molecule has 0 nitrogen and oxygen atoms in total. The highest BCUT2D eigenvalue weighted by molar-refractivity contribution is 9.09. The zero-order chi connectivity index (χ0) is 13.7. The van der Waals surface area contributed by atoms with Gasteiger partial charge in [-0.3, -0.25) is 0 Å². The van der Waals surface area contributed by atoms with Gasteiger partial charge in [-0.25, -0.2) is 4.39 Å². The van der Waals surface area contributed by atoms with E-state index in [1.807, 2.05) is 12.1 Å². The fourth-order valence-electron chi connectivity index (χ4n) is 2.06. The normalized spacial score (nSPS) is 12.4. The monoisotopic (exact) mass is 320 g/mol. The summed E-state index contributed by atoms with van der Waals surface area (Å²) >= 11 is 3.71. The minimum Gasteiger partial charge on any atom is -0.207 e. The fourth-order valence-corrected chi connectivity index (χ4v) is 2.66. The number of hydrogen-bond acceptors (Lipinski definition) is 0. The molecule has 0 saturated carbocycles. The first kappa shape index (κ1) is 14.3. The number of rotatable bonds is 5. The second-order valence-corrected chi connectivity index (χ2v) is 6.25. The third-order valence-corrected chi connectivity index (χ3v) is 4.02. The molecule has 0 heterocycles. The summed E-state index contributed by atoms with van der Waals surface area (Å²) in [6, 6.07) is 15.4. The largest absolute Gasteiger partial charge is 0.207 e. The Morgan fingerprint density at radius 3 is 2.16 bits per heavy atom. The fraction of sp³-hybridized carbons (Fsp3) is 0.294. The van der Waals surface area contributed by atoms with E-state index >= 15 is 0 Å². The van der Waals surface area contributed by atoms with Gasteiger partial charge in [0, 0.05) is 4.83 Å². The topological polar surface area (TPSA) is 0 Å². The zero-order valence-electron chi connectivity index (χ0n) is 11.1. The third-order valence-electron chi connectivity index (χ3n) is 3.24. The average molecular weight is 321 g/mol. The summed E-state index contributed by atoms with van der Waals surface area (Å²) in [5.41, 5.74) is 3.84. The Morgan fingerprint density at radius 2 is 1.53 bits per heavy atom. The molecule has 0 radical (unpaired) electrons. The van der Waals surface area contributed by atoms with Crippen LogP contribution in [0.3, 0.4) is 0 Å². The maximum Gasteiger partial charge on any atom is 0.123 e. The van der Waals surface area contributed by atoms with Gasteiger partial charge in [0.1, 0.15) is 5.82 Å². The van der Waals surface area contributed by atoms with Crippen molar-refractivity contribution in [2.75, 3.05) is 0 Å². The van der Waals surface area contributed by atoms with Crippen LogP contribution in [-0.4, -0.2) is 4.83 Å². The van der Waals surface area contributed by atoms with E-state index in [0.717, 1.165) is 19.3 Å². The lowest BCUT2D eigenvalue weighted by Crippen LogP contribution is -2.04. The van der Waals surface area contributed by atoms with Gasteiger partial charge in [-0.15, -0.1) is 0 Å². The molecule has 0 aliphatic rings. The first-order chi connectivity index (χ1) is 9.13. The van der Waals surface area contributed by atoms with Gasteiger partial charge in [0.25, 0.3) is 0 Å². The highest BCUT2D eigenvalue weighted by atomic mass is 79.9. The molecule has 0 amide bonds. The van der Waals surface area contributed by atoms with Gasteiger partial charge in [0.05, 0.1) is 0 Å². The van der Waals surface area contributed by atoms with Crippen LogP contribution in [0.5, 0.6) is 0 Å². The highest BCUT2D eigenvalue weighted by Crippen LogP contribution is 2.17. The van der Waals surface area contributed by atoms with Gasteiger partial charge in [-0.2, -0.15) is 0 Å². The second kappa shape index (κ2) is 6.85. The van der Waals surface area contributed by atoms with Crippen LogP contribution < -0.4 is 0 Å². The summed E-state index contributed by atoms with van der Waals surface area (Å²) in [7, 11) is 0. The maximum atomic E-state index is 12.8. The van der Waals surface area contributed by atoms with E-state index in [4.69, 9.17) is 0 Å². The molecule has 19 heavy (non-hydrogen) atoms. The van der Waals surface area contributed by atoms with Gasteiger partial charge < -0.3 is 0 Å². The lowest BCUT2D eigenvalue weighted by Gasteiger charge is -2.10. The van der Waals surface area contributed by atoms with E-state index in [9.17, 15) is 4.39 Å². The molecule has 100 valence electrons. The van der Waals surface area contributed by atoms with Gasteiger partial charge >= 0.3 is 0 Å². The highest BCUT2D eigenvalue weighted by Gasteiger charge is 2.06. The minimum atomic E-state index is -0.172. The van der Waals surface area contributed by atoms with Crippen LogP contribution in [0.1, 0.15) is 23.1 Å². The standard InChI is InChI=1S/C17H18BrF/c1-13-2-4-14(5-3-13)6-9-16(18)12-15-7-10-17(19)11-8-15/h2-5,7-8,10-11,16H,6,9,12H2,1H3. The van der Waals surface area contributed by atoms with Gasteiger partial charge in [0.2, 0.25) is 0 Å². The van der Waals surface area contributed by atoms with Crippen molar-refractivity contribution in [2.45, 2.75) is 31.0 Å². The second-order valence-electron chi connectivity index (χ2n) is 4.95. The van der Waals surface area contributed by atoms with Crippen LogP contribution in [0.25, 0.3) is 0 Å². The molecule has 0 bridgehead atoms. The van der Waals surface area contributed by atoms with Crippen molar-refractivity contribution < 1.29 is 4.39 Å². The summed E-state index contributed by atoms with van der Waals surface area (Å²) in [6.07, 6.45) is 3.09.